The maximum Gasteiger partial charge on any atom is 0.353 e. The molecule has 3 aromatic rings. The van der Waals surface area contributed by atoms with E-state index in [1.165, 1.54) is 11.3 Å². The van der Waals surface area contributed by atoms with Crippen LogP contribution in [0, 0.1) is 0 Å². The average molecular weight is 378 g/mol. The third kappa shape index (κ3) is 3.47. The average Bonchev–Trinajstić information content (AvgIpc) is 3.32. The third-order valence-corrected chi connectivity index (χ3v) is 4.84. The lowest BCUT2D eigenvalue weighted by Gasteiger charge is -2.04. The van der Waals surface area contributed by atoms with Crippen LogP contribution in [0.5, 0.6) is 17.2 Å². The molecule has 0 saturated heterocycles. The molecular formula is C21H14O5S. The van der Waals surface area contributed by atoms with E-state index in [1.807, 2.05) is 12.1 Å². The lowest BCUT2D eigenvalue weighted by atomic mass is 10.1. The number of allylic oxidation sites excluding steroid dienone is 1. The molecule has 0 radical (unpaired) electrons. The van der Waals surface area contributed by atoms with Crippen LogP contribution in [0.15, 0.2) is 65.7 Å². The normalized spacial score (nSPS) is 14.0. The summed E-state index contributed by atoms with van der Waals surface area (Å²) in [7, 11) is 1.59. The van der Waals surface area contributed by atoms with Gasteiger partial charge < -0.3 is 14.2 Å². The van der Waals surface area contributed by atoms with Crippen LogP contribution in [0.1, 0.15) is 25.6 Å². The second-order valence-electron chi connectivity index (χ2n) is 5.74. The first kappa shape index (κ1) is 17.1. The molecule has 0 N–H and O–H groups in total. The van der Waals surface area contributed by atoms with Crippen LogP contribution in [0.2, 0.25) is 0 Å². The number of esters is 1. The molecule has 0 bridgehead atoms. The highest BCUT2D eigenvalue weighted by molar-refractivity contribution is 7.12. The van der Waals surface area contributed by atoms with Gasteiger partial charge in [-0.25, -0.2) is 4.79 Å². The fraction of sp³-hybridized carbons (Fsp3) is 0.0476. The molecule has 0 aliphatic carbocycles. The summed E-state index contributed by atoms with van der Waals surface area (Å²) in [5, 5.41) is 1.80. The zero-order valence-electron chi connectivity index (χ0n) is 14.3. The second-order valence-corrected chi connectivity index (χ2v) is 6.69. The van der Waals surface area contributed by atoms with Crippen molar-refractivity contribution < 1.29 is 23.8 Å². The Bertz CT molecular complexity index is 1030. The van der Waals surface area contributed by atoms with Gasteiger partial charge in [0.25, 0.3) is 0 Å². The highest BCUT2D eigenvalue weighted by atomic mass is 32.1. The van der Waals surface area contributed by atoms with E-state index in [4.69, 9.17) is 14.2 Å². The quantitative estimate of drug-likeness (QED) is 0.377. The van der Waals surface area contributed by atoms with Crippen molar-refractivity contribution in [2.24, 2.45) is 0 Å². The number of fused-ring (bicyclic) bond motifs is 1. The van der Waals surface area contributed by atoms with E-state index < -0.39 is 5.97 Å². The number of hydrogen-bond acceptors (Lipinski definition) is 6. The van der Waals surface area contributed by atoms with Crippen molar-refractivity contribution in [2.75, 3.05) is 7.11 Å². The van der Waals surface area contributed by atoms with Gasteiger partial charge in [-0.3, -0.25) is 4.79 Å². The van der Waals surface area contributed by atoms with Gasteiger partial charge in [-0.1, -0.05) is 18.2 Å². The van der Waals surface area contributed by atoms with E-state index in [2.05, 4.69) is 0 Å². The minimum atomic E-state index is -0.441. The fourth-order valence-electron chi connectivity index (χ4n) is 2.63. The Morgan fingerprint density at radius 2 is 1.85 bits per heavy atom. The molecule has 4 rings (SSSR count). The molecule has 134 valence electrons. The molecule has 0 fully saturated rings. The summed E-state index contributed by atoms with van der Waals surface area (Å²) >= 11 is 1.30. The van der Waals surface area contributed by atoms with E-state index in [1.54, 1.807) is 61.0 Å². The number of ether oxygens (including phenoxy) is 3. The molecule has 0 amide bonds. The van der Waals surface area contributed by atoms with Crippen molar-refractivity contribution in [3.05, 3.63) is 81.7 Å². The number of benzene rings is 2. The van der Waals surface area contributed by atoms with Gasteiger partial charge in [0, 0.05) is 6.07 Å². The molecule has 27 heavy (non-hydrogen) atoms. The smallest absolute Gasteiger partial charge is 0.353 e. The maximum absolute atomic E-state index is 12.5. The van der Waals surface area contributed by atoms with E-state index in [9.17, 15) is 9.59 Å². The van der Waals surface area contributed by atoms with E-state index in [-0.39, 0.29) is 11.5 Å². The lowest BCUT2D eigenvalue weighted by Crippen LogP contribution is -2.06. The van der Waals surface area contributed by atoms with Crippen LogP contribution in [0.4, 0.5) is 0 Å². The van der Waals surface area contributed by atoms with Crippen molar-refractivity contribution in [3.63, 3.8) is 0 Å². The summed E-state index contributed by atoms with van der Waals surface area (Å²) < 4.78 is 16.2. The number of Topliss-reactive ketones (excluding diaryl/α,β-unsaturated/α-hetero) is 1. The van der Waals surface area contributed by atoms with Crippen molar-refractivity contribution in [1.29, 1.82) is 0 Å². The molecule has 5 nitrogen and oxygen atoms in total. The first-order valence-electron chi connectivity index (χ1n) is 8.12. The van der Waals surface area contributed by atoms with Crippen LogP contribution in [-0.2, 0) is 0 Å². The van der Waals surface area contributed by atoms with Gasteiger partial charge in [-0.15, -0.1) is 11.3 Å². The minimum Gasteiger partial charge on any atom is -0.497 e. The van der Waals surface area contributed by atoms with Crippen molar-refractivity contribution in [2.45, 2.75) is 0 Å². The zero-order chi connectivity index (χ0) is 18.8. The van der Waals surface area contributed by atoms with Gasteiger partial charge >= 0.3 is 5.97 Å². The number of carbonyl (C=O) groups excluding carboxylic acids is 2. The van der Waals surface area contributed by atoms with E-state index >= 15 is 0 Å². The van der Waals surface area contributed by atoms with Gasteiger partial charge in [0.15, 0.2) is 5.76 Å². The van der Waals surface area contributed by atoms with Crippen LogP contribution in [0.3, 0.4) is 0 Å². The molecule has 0 saturated carbocycles. The minimum absolute atomic E-state index is 0.211. The summed E-state index contributed by atoms with van der Waals surface area (Å²) in [6, 6.07) is 15.5. The lowest BCUT2D eigenvalue weighted by molar-refractivity contribution is 0.0739. The Kier molecular flexibility index (Phi) is 4.48. The number of hydrogen-bond donors (Lipinski definition) is 0. The summed E-state index contributed by atoms with van der Waals surface area (Å²) in [5.74, 6) is 0.996. The van der Waals surface area contributed by atoms with Gasteiger partial charge in [0.1, 0.15) is 22.1 Å². The molecule has 2 heterocycles. The first-order chi connectivity index (χ1) is 13.1. The van der Waals surface area contributed by atoms with Crippen LogP contribution in [-0.4, -0.2) is 18.9 Å². The Balaban J connectivity index is 1.54. The highest BCUT2D eigenvalue weighted by Crippen LogP contribution is 2.35. The third-order valence-electron chi connectivity index (χ3n) is 3.99. The molecule has 0 unspecified atom stereocenters. The molecule has 0 atom stereocenters. The molecule has 1 aliphatic rings. The van der Waals surface area contributed by atoms with Gasteiger partial charge in [0.05, 0.1) is 12.7 Å². The van der Waals surface area contributed by atoms with Crippen LogP contribution in [0.25, 0.3) is 6.08 Å². The number of methoxy groups -OCH3 is 1. The fourth-order valence-corrected chi connectivity index (χ4v) is 3.23. The zero-order valence-corrected chi connectivity index (χ0v) is 15.1. The summed E-state index contributed by atoms with van der Waals surface area (Å²) in [4.78, 5) is 25.1. The number of thiophene rings is 1. The number of carbonyl (C=O) groups is 2. The van der Waals surface area contributed by atoms with Crippen LogP contribution < -0.4 is 14.2 Å². The highest BCUT2D eigenvalue weighted by Gasteiger charge is 2.28. The first-order valence-corrected chi connectivity index (χ1v) is 9.00. The Hall–Kier alpha value is -3.38. The molecule has 1 aliphatic heterocycles. The van der Waals surface area contributed by atoms with Crippen molar-refractivity contribution >= 4 is 29.2 Å². The Morgan fingerprint density at radius 3 is 2.56 bits per heavy atom. The largest absolute Gasteiger partial charge is 0.497 e. The van der Waals surface area contributed by atoms with Gasteiger partial charge in [0.2, 0.25) is 5.78 Å². The molecule has 0 spiro atoms. The summed E-state index contributed by atoms with van der Waals surface area (Å²) in [6.45, 7) is 0. The van der Waals surface area contributed by atoms with Crippen molar-refractivity contribution in [3.8, 4) is 17.2 Å². The second kappa shape index (κ2) is 7.09. The summed E-state index contributed by atoms with van der Waals surface area (Å²) in [6.07, 6.45) is 1.67. The topological polar surface area (TPSA) is 61.8 Å². The summed E-state index contributed by atoms with van der Waals surface area (Å²) in [5.41, 5.74) is 1.25. The number of rotatable bonds is 4. The van der Waals surface area contributed by atoms with Gasteiger partial charge in [-0.2, -0.15) is 0 Å². The molecule has 6 heteroatoms. The monoisotopic (exact) mass is 378 g/mol. The van der Waals surface area contributed by atoms with Gasteiger partial charge in [-0.05, 0) is 47.4 Å². The number of ketones is 1. The molecule has 2 aromatic carbocycles. The Morgan fingerprint density at radius 1 is 1.07 bits per heavy atom. The molecule has 1 aromatic heterocycles. The van der Waals surface area contributed by atoms with E-state index in [0.717, 1.165) is 11.3 Å². The maximum atomic E-state index is 12.5. The predicted octanol–water partition coefficient (Wildman–Crippen LogP) is 4.59. The standard InChI is InChI=1S/C21H14O5S/c1-24-14-6-4-13(5-7-14)11-18-20(22)16-9-8-15(12-17(16)26-18)25-21(23)19-3-2-10-27-19/h2-12H,1H3/b18-11-. The van der Waals surface area contributed by atoms with Crippen LogP contribution >= 0.6 is 11.3 Å². The van der Waals surface area contributed by atoms with E-state index in [0.29, 0.717) is 21.9 Å². The van der Waals surface area contributed by atoms with Crippen molar-refractivity contribution in [1.82, 2.24) is 0 Å². The molecular weight excluding hydrogens is 364 g/mol. The Labute approximate surface area is 159 Å². The SMILES string of the molecule is COc1ccc(/C=C2\Oc3cc(OC(=O)c4cccs4)ccc3C2=O)cc1. The predicted molar refractivity (Wildman–Crippen MR) is 102 cm³/mol.